The number of nitrogens with zero attached hydrogens (tertiary/aromatic N) is 2. The van der Waals surface area contributed by atoms with Crippen LogP contribution >= 0.6 is 0 Å². The molecule has 0 spiro atoms. The Labute approximate surface area is 110 Å². The van der Waals surface area contributed by atoms with E-state index in [9.17, 15) is 4.79 Å². The Morgan fingerprint density at radius 3 is 3.00 bits per heavy atom. The van der Waals surface area contributed by atoms with Gasteiger partial charge in [0.2, 0.25) is 0 Å². The van der Waals surface area contributed by atoms with Crippen LogP contribution in [0.2, 0.25) is 0 Å². The predicted molar refractivity (Wildman–Crippen MR) is 73.0 cm³/mol. The van der Waals surface area contributed by atoms with Gasteiger partial charge < -0.3 is 10.7 Å². The van der Waals surface area contributed by atoms with Crippen molar-refractivity contribution in [3.8, 4) is 0 Å². The molecule has 0 radical (unpaired) electrons. The van der Waals surface area contributed by atoms with E-state index in [1.807, 2.05) is 30.3 Å². The number of imidazole rings is 1. The summed E-state index contributed by atoms with van der Waals surface area (Å²) in [6.45, 7) is 0.525. The van der Waals surface area contributed by atoms with Gasteiger partial charge in [-0.15, -0.1) is 0 Å². The monoisotopic (exact) mass is 254 g/mol. The second-order valence-electron chi connectivity index (χ2n) is 4.39. The van der Waals surface area contributed by atoms with E-state index in [2.05, 4.69) is 9.97 Å². The SMILES string of the molecule is NCCc1cn(C(=O)c2cc3ccccc3[nH]2)cn1. The van der Waals surface area contributed by atoms with Crippen LogP contribution in [-0.4, -0.2) is 27.0 Å². The summed E-state index contributed by atoms with van der Waals surface area (Å²) in [5.74, 6) is -0.119. The van der Waals surface area contributed by atoms with Crippen molar-refractivity contribution < 1.29 is 4.79 Å². The van der Waals surface area contributed by atoms with Crippen LogP contribution in [0.15, 0.2) is 42.9 Å². The van der Waals surface area contributed by atoms with E-state index in [0.717, 1.165) is 16.6 Å². The first-order chi connectivity index (χ1) is 9.28. The average Bonchev–Trinajstić information content (AvgIpc) is 3.04. The maximum atomic E-state index is 12.3. The molecule has 0 aliphatic rings. The summed E-state index contributed by atoms with van der Waals surface area (Å²) in [4.78, 5) is 19.6. The molecule has 3 aromatic rings. The molecule has 3 N–H and O–H groups in total. The molecule has 96 valence electrons. The number of fused-ring (bicyclic) bond motifs is 1. The molecule has 2 aromatic heterocycles. The van der Waals surface area contributed by atoms with Crippen LogP contribution in [0.25, 0.3) is 10.9 Å². The predicted octanol–water partition coefficient (Wildman–Crippen LogP) is 1.55. The number of carbonyl (C=O) groups excluding carboxylic acids is 1. The molecule has 19 heavy (non-hydrogen) atoms. The highest BCUT2D eigenvalue weighted by Gasteiger charge is 2.12. The Kier molecular flexibility index (Phi) is 2.89. The highest BCUT2D eigenvalue weighted by atomic mass is 16.2. The molecule has 0 unspecified atom stereocenters. The summed E-state index contributed by atoms with van der Waals surface area (Å²) >= 11 is 0. The highest BCUT2D eigenvalue weighted by molar-refractivity contribution is 5.99. The van der Waals surface area contributed by atoms with E-state index in [4.69, 9.17) is 5.73 Å². The summed E-state index contributed by atoms with van der Waals surface area (Å²) in [7, 11) is 0. The second-order valence-corrected chi connectivity index (χ2v) is 4.39. The topological polar surface area (TPSA) is 76.7 Å². The third-order valence-corrected chi connectivity index (χ3v) is 3.03. The Bertz CT molecular complexity index is 693. The van der Waals surface area contributed by atoms with Crippen LogP contribution in [-0.2, 0) is 6.42 Å². The molecule has 0 saturated carbocycles. The van der Waals surface area contributed by atoms with Gasteiger partial charge >= 0.3 is 0 Å². The summed E-state index contributed by atoms with van der Waals surface area (Å²) in [5, 5.41) is 1.02. The van der Waals surface area contributed by atoms with Gasteiger partial charge in [0.25, 0.3) is 5.91 Å². The van der Waals surface area contributed by atoms with E-state index in [1.165, 1.54) is 10.9 Å². The van der Waals surface area contributed by atoms with E-state index in [-0.39, 0.29) is 5.91 Å². The van der Waals surface area contributed by atoms with Gasteiger partial charge in [-0.2, -0.15) is 0 Å². The molecule has 5 nitrogen and oxygen atoms in total. The van der Waals surface area contributed by atoms with E-state index in [0.29, 0.717) is 18.7 Å². The lowest BCUT2D eigenvalue weighted by Gasteiger charge is -1.97. The summed E-state index contributed by atoms with van der Waals surface area (Å²) in [5.41, 5.74) is 7.80. The second kappa shape index (κ2) is 4.70. The van der Waals surface area contributed by atoms with Crippen molar-refractivity contribution in [2.24, 2.45) is 5.73 Å². The average molecular weight is 254 g/mol. The number of carbonyl (C=O) groups is 1. The number of H-pyrrole nitrogens is 1. The molecule has 5 heteroatoms. The van der Waals surface area contributed by atoms with Crippen molar-refractivity contribution in [2.45, 2.75) is 6.42 Å². The zero-order valence-corrected chi connectivity index (χ0v) is 10.3. The molecular weight excluding hydrogens is 240 g/mol. The van der Waals surface area contributed by atoms with Gasteiger partial charge in [0.05, 0.1) is 5.69 Å². The Hall–Kier alpha value is -2.40. The lowest BCUT2D eigenvalue weighted by molar-refractivity contribution is 0.0955. The Morgan fingerprint density at radius 2 is 2.21 bits per heavy atom. The number of aromatic nitrogens is 3. The number of nitrogens with two attached hydrogens (primary N) is 1. The number of benzene rings is 1. The fourth-order valence-corrected chi connectivity index (χ4v) is 2.08. The molecule has 0 amide bonds. The van der Waals surface area contributed by atoms with Crippen LogP contribution in [0.3, 0.4) is 0 Å². The van der Waals surface area contributed by atoms with Gasteiger partial charge in [-0.25, -0.2) is 4.98 Å². The molecule has 0 atom stereocenters. The van der Waals surface area contributed by atoms with Crippen LogP contribution in [0.5, 0.6) is 0 Å². The first kappa shape index (κ1) is 11.7. The van der Waals surface area contributed by atoms with Gasteiger partial charge in [0.15, 0.2) is 0 Å². The van der Waals surface area contributed by atoms with Gasteiger partial charge in [-0.3, -0.25) is 9.36 Å². The van der Waals surface area contributed by atoms with Crippen LogP contribution in [0.4, 0.5) is 0 Å². The van der Waals surface area contributed by atoms with Gasteiger partial charge in [0.1, 0.15) is 12.0 Å². The summed E-state index contributed by atoms with van der Waals surface area (Å²) in [6, 6.07) is 9.64. The van der Waals surface area contributed by atoms with Crippen molar-refractivity contribution in [1.82, 2.24) is 14.5 Å². The van der Waals surface area contributed by atoms with Crippen LogP contribution < -0.4 is 5.73 Å². The normalized spacial score (nSPS) is 11.0. The molecule has 0 fully saturated rings. The number of para-hydroxylation sites is 1. The zero-order valence-electron chi connectivity index (χ0n) is 10.3. The molecule has 0 aliphatic carbocycles. The quantitative estimate of drug-likeness (QED) is 0.744. The smallest absolute Gasteiger partial charge is 0.279 e. The number of aromatic amines is 1. The molecule has 0 bridgehead atoms. The Balaban J connectivity index is 1.93. The van der Waals surface area contributed by atoms with Crippen molar-refractivity contribution in [3.63, 3.8) is 0 Å². The minimum atomic E-state index is -0.119. The number of nitrogens with one attached hydrogen (secondary N) is 1. The van der Waals surface area contributed by atoms with Gasteiger partial charge in [-0.05, 0) is 18.7 Å². The standard InChI is InChI=1S/C14H14N4O/c15-6-5-11-8-18(9-16-11)14(19)13-7-10-3-1-2-4-12(10)17-13/h1-4,7-9,17H,5-6,15H2. The number of hydrogen-bond donors (Lipinski definition) is 2. The van der Waals surface area contributed by atoms with Gasteiger partial charge in [-0.1, -0.05) is 18.2 Å². The maximum Gasteiger partial charge on any atom is 0.279 e. The molecule has 0 saturated heterocycles. The molecule has 3 rings (SSSR count). The van der Waals surface area contributed by atoms with Crippen molar-refractivity contribution in [3.05, 3.63) is 54.2 Å². The minimum absolute atomic E-state index is 0.119. The maximum absolute atomic E-state index is 12.3. The van der Waals surface area contributed by atoms with Crippen molar-refractivity contribution in [2.75, 3.05) is 6.54 Å². The van der Waals surface area contributed by atoms with Gasteiger partial charge in [0, 0.05) is 23.5 Å². The van der Waals surface area contributed by atoms with Crippen LogP contribution in [0.1, 0.15) is 16.2 Å². The van der Waals surface area contributed by atoms with Crippen LogP contribution in [0, 0.1) is 0 Å². The van der Waals surface area contributed by atoms with Crippen molar-refractivity contribution >= 4 is 16.8 Å². The zero-order chi connectivity index (χ0) is 13.2. The first-order valence-corrected chi connectivity index (χ1v) is 6.13. The molecule has 0 aliphatic heterocycles. The van der Waals surface area contributed by atoms with E-state index < -0.39 is 0 Å². The largest absolute Gasteiger partial charge is 0.351 e. The molecular formula is C14H14N4O. The third kappa shape index (κ3) is 2.15. The number of rotatable bonds is 3. The fourth-order valence-electron chi connectivity index (χ4n) is 2.08. The molecule has 1 aromatic carbocycles. The lowest BCUT2D eigenvalue weighted by atomic mass is 10.2. The number of hydrogen-bond acceptors (Lipinski definition) is 3. The first-order valence-electron chi connectivity index (χ1n) is 6.13. The Morgan fingerprint density at radius 1 is 1.37 bits per heavy atom. The minimum Gasteiger partial charge on any atom is -0.351 e. The summed E-state index contributed by atoms with van der Waals surface area (Å²) in [6.07, 6.45) is 3.92. The third-order valence-electron chi connectivity index (χ3n) is 3.03. The molecule has 2 heterocycles. The van der Waals surface area contributed by atoms with E-state index >= 15 is 0 Å². The highest BCUT2D eigenvalue weighted by Crippen LogP contribution is 2.15. The van der Waals surface area contributed by atoms with Crippen molar-refractivity contribution in [1.29, 1.82) is 0 Å². The fraction of sp³-hybridized carbons (Fsp3) is 0.143. The van der Waals surface area contributed by atoms with E-state index in [1.54, 1.807) is 6.20 Å². The lowest BCUT2D eigenvalue weighted by Crippen LogP contribution is -2.10. The summed E-state index contributed by atoms with van der Waals surface area (Å²) < 4.78 is 1.48.